The Kier molecular flexibility index (Phi) is 7.33. The van der Waals surface area contributed by atoms with Crippen LogP contribution in [0, 0.1) is 0 Å². The Bertz CT molecular complexity index is 320. The molecule has 0 aliphatic rings. The topological polar surface area (TPSA) is 15.3 Å². The van der Waals surface area contributed by atoms with Gasteiger partial charge < -0.3 is 10.2 Å². The summed E-state index contributed by atoms with van der Waals surface area (Å²) in [6.07, 6.45) is 1.06. The Morgan fingerprint density at radius 2 is 1.78 bits per heavy atom. The molecule has 1 aromatic rings. The molecule has 18 heavy (non-hydrogen) atoms. The number of benzene rings is 1. The summed E-state index contributed by atoms with van der Waals surface area (Å²) >= 11 is 5.86. The number of likely N-dealkylation sites (N-methyl/N-ethyl adjacent to an activating group) is 1. The van der Waals surface area contributed by atoms with Crippen molar-refractivity contribution >= 4 is 11.6 Å². The molecule has 0 saturated carbocycles. The second-order valence-electron chi connectivity index (χ2n) is 4.72. The van der Waals surface area contributed by atoms with Crippen LogP contribution in [0.1, 0.15) is 26.3 Å². The van der Waals surface area contributed by atoms with E-state index in [0.717, 1.165) is 37.6 Å². The van der Waals surface area contributed by atoms with Crippen molar-refractivity contribution in [3.05, 3.63) is 34.9 Å². The number of hydrogen-bond acceptors (Lipinski definition) is 2. The Labute approximate surface area is 116 Å². The lowest BCUT2D eigenvalue weighted by Crippen LogP contribution is -2.39. The predicted molar refractivity (Wildman–Crippen MR) is 80.4 cm³/mol. The summed E-state index contributed by atoms with van der Waals surface area (Å²) in [6.45, 7) is 11.1. The second kappa shape index (κ2) is 8.52. The summed E-state index contributed by atoms with van der Waals surface area (Å²) in [7, 11) is 0. The summed E-state index contributed by atoms with van der Waals surface area (Å²) in [4.78, 5) is 2.44. The predicted octanol–water partition coefficient (Wildman–Crippen LogP) is 3.20. The van der Waals surface area contributed by atoms with E-state index in [2.05, 4.69) is 43.1 Å². The zero-order valence-corrected chi connectivity index (χ0v) is 12.5. The van der Waals surface area contributed by atoms with Crippen LogP contribution in [0.15, 0.2) is 24.3 Å². The van der Waals surface area contributed by atoms with Gasteiger partial charge >= 0.3 is 0 Å². The van der Waals surface area contributed by atoms with Gasteiger partial charge in [0.2, 0.25) is 0 Å². The molecule has 0 bridgehead atoms. The average molecular weight is 269 g/mol. The molecular formula is C15H25ClN2. The molecular weight excluding hydrogens is 244 g/mol. The monoisotopic (exact) mass is 268 g/mol. The average Bonchev–Trinajstić information content (AvgIpc) is 2.38. The van der Waals surface area contributed by atoms with Crippen LogP contribution in [0.2, 0.25) is 5.02 Å². The maximum atomic E-state index is 5.86. The van der Waals surface area contributed by atoms with Crippen molar-refractivity contribution in [2.75, 3.05) is 26.2 Å². The normalized spacial score (nSPS) is 12.9. The second-order valence-corrected chi connectivity index (χ2v) is 5.15. The summed E-state index contributed by atoms with van der Waals surface area (Å²) in [5, 5.41) is 4.38. The van der Waals surface area contributed by atoms with Crippen LogP contribution in [0.3, 0.4) is 0 Å². The van der Waals surface area contributed by atoms with E-state index in [4.69, 9.17) is 11.6 Å². The van der Waals surface area contributed by atoms with Gasteiger partial charge in [0.15, 0.2) is 0 Å². The standard InChI is InChI=1S/C15H25ClN2/c1-4-18(5-2)12-13(3)17-11-10-14-6-8-15(16)9-7-14/h6-9,13,17H,4-5,10-12H2,1-3H3. The van der Waals surface area contributed by atoms with E-state index >= 15 is 0 Å². The first kappa shape index (κ1) is 15.5. The highest BCUT2D eigenvalue weighted by Crippen LogP contribution is 2.09. The van der Waals surface area contributed by atoms with E-state index in [0.29, 0.717) is 6.04 Å². The van der Waals surface area contributed by atoms with Crippen molar-refractivity contribution in [2.45, 2.75) is 33.2 Å². The first-order valence-corrected chi connectivity index (χ1v) is 7.23. The van der Waals surface area contributed by atoms with Gasteiger partial charge in [-0.1, -0.05) is 37.6 Å². The molecule has 1 N–H and O–H groups in total. The van der Waals surface area contributed by atoms with Gasteiger partial charge in [0, 0.05) is 17.6 Å². The van der Waals surface area contributed by atoms with Gasteiger partial charge in [-0.2, -0.15) is 0 Å². The third-order valence-electron chi connectivity index (χ3n) is 3.25. The molecule has 1 unspecified atom stereocenters. The third-order valence-corrected chi connectivity index (χ3v) is 3.50. The van der Waals surface area contributed by atoms with Crippen molar-refractivity contribution in [1.29, 1.82) is 0 Å². The number of rotatable bonds is 8. The summed E-state index contributed by atoms with van der Waals surface area (Å²) in [5.74, 6) is 0. The van der Waals surface area contributed by atoms with E-state index in [1.807, 2.05) is 12.1 Å². The highest BCUT2D eigenvalue weighted by atomic mass is 35.5. The van der Waals surface area contributed by atoms with Gasteiger partial charge in [0.05, 0.1) is 0 Å². The fourth-order valence-corrected chi connectivity index (χ4v) is 2.17. The van der Waals surface area contributed by atoms with Gasteiger partial charge in [-0.3, -0.25) is 0 Å². The Morgan fingerprint density at radius 1 is 1.17 bits per heavy atom. The summed E-state index contributed by atoms with van der Waals surface area (Å²) in [5.41, 5.74) is 1.34. The number of halogens is 1. The molecule has 0 aliphatic heterocycles. The molecule has 0 radical (unpaired) electrons. The molecule has 2 nitrogen and oxygen atoms in total. The molecule has 1 aromatic carbocycles. The van der Waals surface area contributed by atoms with E-state index in [-0.39, 0.29) is 0 Å². The molecule has 1 rings (SSSR count). The van der Waals surface area contributed by atoms with Crippen molar-refractivity contribution in [2.24, 2.45) is 0 Å². The molecule has 0 amide bonds. The fourth-order valence-electron chi connectivity index (χ4n) is 2.05. The molecule has 0 heterocycles. The Hall–Kier alpha value is -0.570. The van der Waals surface area contributed by atoms with Crippen molar-refractivity contribution in [3.63, 3.8) is 0 Å². The van der Waals surface area contributed by atoms with Crippen LogP contribution < -0.4 is 5.32 Å². The molecule has 102 valence electrons. The molecule has 0 spiro atoms. The minimum absolute atomic E-state index is 0.539. The van der Waals surface area contributed by atoms with Gasteiger partial charge in [0.1, 0.15) is 0 Å². The number of nitrogens with one attached hydrogen (secondary N) is 1. The van der Waals surface area contributed by atoms with E-state index in [1.54, 1.807) is 0 Å². The minimum Gasteiger partial charge on any atom is -0.313 e. The number of hydrogen-bond donors (Lipinski definition) is 1. The van der Waals surface area contributed by atoms with Crippen molar-refractivity contribution in [3.8, 4) is 0 Å². The summed E-state index contributed by atoms with van der Waals surface area (Å²) < 4.78 is 0. The first-order chi connectivity index (χ1) is 8.65. The van der Waals surface area contributed by atoms with Crippen molar-refractivity contribution in [1.82, 2.24) is 10.2 Å². The van der Waals surface area contributed by atoms with Gasteiger partial charge in [-0.05, 0) is 50.7 Å². The van der Waals surface area contributed by atoms with Crippen LogP contribution in [0.25, 0.3) is 0 Å². The lowest BCUT2D eigenvalue weighted by atomic mass is 10.1. The largest absolute Gasteiger partial charge is 0.313 e. The van der Waals surface area contributed by atoms with Crippen LogP contribution >= 0.6 is 11.6 Å². The SMILES string of the molecule is CCN(CC)CC(C)NCCc1ccc(Cl)cc1. The van der Waals surface area contributed by atoms with Gasteiger partial charge in [0.25, 0.3) is 0 Å². The minimum atomic E-state index is 0.539. The van der Waals surface area contributed by atoms with E-state index < -0.39 is 0 Å². The van der Waals surface area contributed by atoms with E-state index in [1.165, 1.54) is 5.56 Å². The molecule has 1 atom stereocenters. The smallest absolute Gasteiger partial charge is 0.0406 e. The maximum Gasteiger partial charge on any atom is 0.0406 e. The Morgan fingerprint density at radius 3 is 2.33 bits per heavy atom. The zero-order valence-electron chi connectivity index (χ0n) is 11.7. The molecule has 0 aliphatic carbocycles. The number of nitrogens with zero attached hydrogens (tertiary/aromatic N) is 1. The molecule has 3 heteroatoms. The molecule has 0 fully saturated rings. The highest BCUT2D eigenvalue weighted by molar-refractivity contribution is 6.30. The van der Waals surface area contributed by atoms with Gasteiger partial charge in [-0.25, -0.2) is 0 Å². The van der Waals surface area contributed by atoms with E-state index in [9.17, 15) is 0 Å². The van der Waals surface area contributed by atoms with Crippen LogP contribution in [0.4, 0.5) is 0 Å². The quantitative estimate of drug-likeness (QED) is 0.779. The lowest BCUT2D eigenvalue weighted by Gasteiger charge is -2.23. The third kappa shape index (κ3) is 5.85. The maximum absolute atomic E-state index is 5.86. The van der Waals surface area contributed by atoms with Gasteiger partial charge in [-0.15, -0.1) is 0 Å². The van der Waals surface area contributed by atoms with Crippen LogP contribution in [-0.4, -0.2) is 37.1 Å². The van der Waals surface area contributed by atoms with Crippen LogP contribution in [-0.2, 0) is 6.42 Å². The highest BCUT2D eigenvalue weighted by Gasteiger charge is 2.05. The zero-order chi connectivity index (χ0) is 13.4. The lowest BCUT2D eigenvalue weighted by molar-refractivity contribution is 0.272. The molecule has 0 aromatic heterocycles. The fraction of sp³-hybridized carbons (Fsp3) is 0.600. The summed E-state index contributed by atoms with van der Waals surface area (Å²) in [6, 6.07) is 8.64. The first-order valence-electron chi connectivity index (χ1n) is 6.85. The van der Waals surface area contributed by atoms with Crippen LogP contribution in [0.5, 0.6) is 0 Å². The Balaban J connectivity index is 2.22. The van der Waals surface area contributed by atoms with Crippen molar-refractivity contribution < 1.29 is 0 Å². The molecule has 0 saturated heterocycles.